The Labute approximate surface area is 166 Å². The second-order valence-electron chi connectivity index (χ2n) is 6.29. The quantitative estimate of drug-likeness (QED) is 0.665. The summed E-state index contributed by atoms with van der Waals surface area (Å²) in [5.74, 6) is -0.212. The van der Waals surface area contributed by atoms with E-state index in [-0.39, 0.29) is 5.56 Å². The third-order valence-corrected chi connectivity index (χ3v) is 6.47. The third-order valence-electron chi connectivity index (χ3n) is 4.73. The van der Waals surface area contributed by atoms with Crippen molar-refractivity contribution in [2.75, 3.05) is 12.4 Å². The Hall–Kier alpha value is -1.56. The lowest BCUT2D eigenvalue weighted by molar-refractivity contribution is 0.0601. The number of ether oxygens (including phenoxy) is 1. The van der Waals surface area contributed by atoms with Gasteiger partial charge in [0.2, 0.25) is 0 Å². The molecule has 1 aliphatic carbocycles. The van der Waals surface area contributed by atoms with Crippen LogP contribution in [0.5, 0.6) is 0 Å². The summed E-state index contributed by atoms with van der Waals surface area (Å²) >= 11 is 13.5. The van der Waals surface area contributed by atoms with Gasteiger partial charge in [0.25, 0.3) is 5.91 Å². The van der Waals surface area contributed by atoms with Crippen LogP contribution in [0.2, 0.25) is 10.0 Å². The Balaban J connectivity index is 1.96. The van der Waals surface area contributed by atoms with Crippen LogP contribution in [-0.4, -0.2) is 19.0 Å². The minimum absolute atomic E-state index is 0.271. The van der Waals surface area contributed by atoms with Crippen LogP contribution in [0.1, 0.15) is 50.9 Å². The van der Waals surface area contributed by atoms with Gasteiger partial charge in [0, 0.05) is 9.90 Å². The van der Waals surface area contributed by atoms with Crippen molar-refractivity contribution < 1.29 is 14.3 Å². The minimum Gasteiger partial charge on any atom is -0.465 e. The van der Waals surface area contributed by atoms with E-state index in [0.29, 0.717) is 26.5 Å². The molecule has 138 valence electrons. The van der Waals surface area contributed by atoms with Gasteiger partial charge in [-0.15, -0.1) is 11.3 Å². The molecule has 7 heteroatoms. The molecule has 0 aliphatic heterocycles. The van der Waals surface area contributed by atoms with Gasteiger partial charge in [-0.05, 0) is 48.9 Å². The Morgan fingerprint density at radius 3 is 2.81 bits per heavy atom. The highest BCUT2D eigenvalue weighted by Gasteiger charge is 2.30. The first-order valence-electron chi connectivity index (χ1n) is 8.43. The van der Waals surface area contributed by atoms with E-state index in [1.165, 1.54) is 24.5 Å². The maximum Gasteiger partial charge on any atom is 0.341 e. The average molecular weight is 412 g/mol. The molecule has 1 heterocycles. The van der Waals surface area contributed by atoms with Crippen molar-refractivity contribution in [2.24, 2.45) is 5.92 Å². The topological polar surface area (TPSA) is 55.4 Å². The van der Waals surface area contributed by atoms with E-state index in [0.717, 1.165) is 36.1 Å². The van der Waals surface area contributed by atoms with E-state index < -0.39 is 11.9 Å². The lowest BCUT2D eigenvalue weighted by Crippen LogP contribution is -2.16. The Bertz CT molecular complexity index is 863. The maximum absolute atomic E-state index is 12.7. The van der Waals surface area contributed by atoms with Crippen molar-refractivity contribution >= 4 is 51.4 Å². The molecule has 3 rings (SSSR count). The standard InChI is InChI=1S/C19H19Cl2NO3S/c1-3-10-4-6-12-15(8-10)26-18(16(12)19(24)25-2)22-17(23)13-9-11(20)5-7-14(13)21/h5,7,9-10H,3-4,6,8H2,1-2H3,(H,22,23)/t10-/m1/s1. The number of rotatable bonds is 4. The summed E-state index contributed by atoms with van der Waals surface area (Å²) in [6, 6.07) is 4.71. The summed E-state index contributed by atoms with van der Waals surface area (Å²) in [5, 5.41) is 4.07. The van der Waals surface area contributed by atoms with E-state index in [4.69, 9.17) is 27.9 Å². The third kappa shape index (κ3) is 3.75. The summed E-state index contributed by atoms with van der Waals surface area (Å²) in [4.78, 5) is 26.2. The molecule has 2 aromatic rings. The van der Waals surface area contributed by atoms with Crippen molar-refractivity contribution in [1.82, 2.24) is 0 Å². The average Bonchev–Trinajstić information content (AvgIpc) is 2.99. The molecule has 26 heavy (non-hydrogen) atoms. The molecule has 0 unspecified atom stereocenters. The van der Waals surface area contributed by atoms with Crippen LogP contribution in [0.15, 0.2) is 18.2 Å². The Morgan fingerprint density at radius 2 is 2.12 bits per heavy atom. The van der Waals surface area contributed by atoms with Gasteiger partial charge in [-0.2, -0.15) is 0 Å². The van der Waals surface area contributed by atoms with Crippen molar-refractivity contribution in [3.8, 4) is 0 Å². The van der Waals surface area contributed by atoms with Gasteiger partial charge >= 0.3 is 5.97 Å². The van der Waals surface area contributed by atoms with Crippen LogP contribution >= 0.6 is 34.5 Å². The molecule has 1 aromatic heterocycles. The molecule has 0 fully saturated rings. The highest BCUT2D eigenvalue weighted by Crippen LogP contribution is 2.41. The number of methoxy groups -OCH3 is 1. The molecular formula is C19H19Cl2NO3S. The van der Waals surface area contributed by atoms with Gasteiger partial charge < -0.3 is 10.1 Å². The number of hydrogen-bond acceptors (Lipinski definition) is 4. The largest absolute Gasteiger partial charge is 0.465 e. The smallest absolute Gasteiger partial charge is 0.341 e. The predicted octanol–water partition coefficient (Wildman–Crippen LogP) is 5.61. The summed E-state index contributed by atoms with van der Waals surface area (Å²) in [5.41, 5.74) is 1.74. The number of fused-ring (bicyclic) bond motifs is 1. The first-order valence-corrected chi connectivity index (χ1v) is 10.0. The lowest BCUT2D eigenvalue weighted by atomic mass is 9.85. The number of hydrogen-bond donors (Lipinski definition) is 1. The first kappa shape index (κ1) is 19.2. The van der Waals surface area contributed by atoms with Gasteiger partial charge in [-0.1, -0.05) is 36.5 Å². The molecule has 4 nitrogen and oxygen atoms in total. The van der Waals surface area contributed by atoms with Crippen molar-refractivity contribution in [3.05, 3.63) is 49.8 Å². The highest BCUT2D eigenvalue weighted by atomic mass is 35.5. The van der Waals surface area contributed by atoms with Crippen molar-refractivity contribution in [3.63, 3.8) is 0 Å². The fourth-order valence-corrected chi connectivity index (χ4v) is 4.97. The second kappa shape index (κ2) is 7.99. The van der Waals surface area contributed by atoms with Crippen LogP contribution in [0.25, 0.3) is 0 Å². The van der Waals surface area contributed by atoms with E-state index in [9.17, 15) is 9.59 Å². The van der Waals surface area contributed by atoms with Crippen LogP contribution < -0.4 is 5.32 Å². The number of anilines is 1. The summed E-state index contributed by atoms with van der Waals surface area (Å²) in [7, 11) is 1.35. The molecule has 0 bridgehead atoms. The monoisotopic (exact) mass is 411 g/mol. The number of thiophene rings is 1. The van der Waals surface area contributed by atoms with Gasteiger partial charge in [0.1, 0.15) is 5.00 Å². The normalized spacial score (nSPS) is 16.1. The SMILES string of the molecule is CC[C@@H]1CCc2c(sc(NC(=O)c3cc(Cl)ccc3Cl)c2C(=O)OC)C1. The van der Waals surface area contributed by atoms with E-state index in [1.807, 2.05) is 0 Å². The van der Waals surface area contributed by atoms with Crippen LogP contribution in [-0.2, 0) is 17.6 Å². The summed E-state index contributed by atoms with van der Waals surface area (Å²) < 4.78 is 4.95. The van der Waals surface area contributed by atoms with Crippen molar-refractivity contribution in [1.29, 1.82) is 0 Å². The fourth-order valence-electron chi connectivity index (χ4n) is 3.25. The molecule has 0 saturated heterocycles. The zero-order chi connectivity index (χ0) is 18.8. The number of carbonyl (C=O) groups is 2. The molecule has 1 aromatic carbocycles. The molecular weight excluding hydrogens is 393 g/mol. The zero-order valence-corrected chi connectivity index (χ0v) is 16.9. The number of esters is 1. The molecule has 1 aliphatic rings. The molecule has 1 N–H and O–H groups in total. The van der Waals surface area contributed by atoms with E-state index in [2.05, 4.69) is 12.2 Å². The first-order chi connectivity index (χ1) is 12.4. The number of carbonyl (C=O) groups excluding carboxylic acids is 2. The molecule has 0 saturated carbocycles. The predicted molar refractivity (Wildman–Crippen MR) is 106 cm³/mol. The highest BCUT2D eigenvalue weighted by molar-refractivity contribution is 7.17. The second-order valence-corrected chi connectivity index (χ2v) is 8.24. The van der Waals surface area contributed by atoms with Gasteiger partial charge in [0.05, 0.1) is 23.3 Å². The van der Waals surface area contributed by atoms with Gasteiger partial charge in [0.15, 0.2) is 0 Å². The fraction of sp³-hybridized carbons (Fsp3) is 0.368. The summed E-state index contributed by atoms with van der Waals surface area (Å²) in [6.45, 7) is 2.17. The lowest BCUT2D eigenvalue weighted by Gasteiger charge is -2.20. The van der Waals surface area contributed by atoms with Crippen molar-refractivity contribution in [2.45, 2.75) is 32.6 Å². The van der Waals surface area contributed by atoms with Gasteiger partial charge in [-0.25, -0.2) is 4.79 Å². The number of amides is 1. The van der Waals surface area contributed by atoms with Crippen LogP contribution in [0.3, 0.4) is 0 Å². The Kier molecular flexibility index (Phi) is 5.90. The molecule has 0 radical (unpaired) electrons. The molecule has 1 amide bonds. The molecule has 0 spiro atoms. The number of benzene rings is 1. The van der Waals surface area contributed by atoms with E-state index >= 15 is 0 Å². The van der Waals surface area contributed by atoms with Gasteiger partial charge in [-0.3, -0.25) is 4.79 Å². The number of nitrogens with one attached hydrogen (secondary N) is 1. The maximum atomic E-state index is 12.7. The molecule has 1 atom stereocenters. The Morgan fingerprint density at radius 1 is 1.35 bits per heavy atom. The zero-order valence-electron chi connectivity index (χ0n) is 14.5. The summed E-state index contributed by atoms with van der Waals surface area (Å²) in [6.07, 6.45) is 3.89. The minimum atomic E-state index is -0.426. The van der Waals surface area contributed by atoms with Crippen LogP contribution in [0, 0.1) is 5.92 Å². The van der Waals surface area contributed by atoms with Crippen LogP contribution in [0.4, 0.5) is 5.00 Å². The van der Waals surface area contributed by atoms with E-state index in [1.54, 1.807) is 12.1 Å². The number of halogens is 2.